The summed E-state index contributed by atoms with van der Waals surface area (Å²) in [7, 11) is 0. The Labute approximate surface area is 146 Å². The molecule has 2 rings (SSSR count). The number of aliphatic imine (C=N–C) groups is 1. The number of nitrogens with two attached hydrogens (primary N) is 1. The third-order valence-electron chi connectivity index (χ3n) is 4.15. The number of nitrogens with one attached hydrogen (secondary N) is 1. The highest BCUT2D eigenvalue weighted by Gasteiger charge is 2.14. The first kappa shape index (κ1) is 19.0. The molecule has 0 saturated carbocycles. The summed E-state index contributed by atoms with van der Waals surface area (Å²) >= 11 is 0. The van der Waals surface area contributed by atoms with Crippen LogP contribution in [0.2, 0.25) is 0 Å². The van der Waals surface area contributed by atoms with Crippen molar-refractivity contribution in [3.8, 4) is 0 Å². The Hall–Kier alpha value is -0.0800. The number of rotatable bonds is 6. The molecule has 6 heteroatoms. The molecule has 2 heterocycles. The molecular weight excluding hydrogens is 379 g/mol. The normalized spacial score (nSPS) is 24.4. The lowest BCUT2D eigenvalue weighted by Crippen LogP contribution is -2.35. The molecule has 0 aromatic rings. The van der Waals surface area contributed by atoms with E-state index in [-0.39, 0.29) is 30.1 Å². The van der Waals surface area contributed by atoms with E-state index in [0.29, 0.717) is 12.5 Å². The van der Waals surface area contributed by atoms with Gasteiger partial charge in [0.1, 0.15) is 0 Å². The highest BCUT2D eigenvalue weighted by atomic mass is 127. The summed E-state index contributed by atoms with van der Waals surface area (Å²) in [5, 5.41) is 3.21. The molecule has 0 aromatic carbocycles. The fourth-order valence-corrected chi connectivity index (χ4v) is 2.92. The van der Waals surface area contributed by atoms with E-state index in [2.05, 4.69) is 15.2 Å². The summed E-state index contributed by atoms with van der Waals surface area (Å²) in [5.74, 6) is 0.566. The van der Waals surface area contributed by atoms with Gasteiger partial charge in [0.2, 0.25) is 0 Å². The zero-order valence-electron chi connectivity index (χ0n) is 13.1. The van der Waals surface area contributed by atoms with Crippen LogP contribution in [0.4, 0.5) is 0 Å². The number of nitrogens with zero attached hydrogens (tertiary/aromatic N) is 2. The first-order valence-electron chi connectivity index (χ1n) is 8.22. The van der Waals surface area contributed by atoms with Crippen LogP contribution in [0.1, 0.15) is 44.9 Å². The molecule has 3 N–H and O–H groups in total. The Morgan fingerprint density at radius 2 is 1.95 bits per heavy atom. The molecule has 0 spiro atoms. The molecule has 5 nitrogen and oxygen atoms in total. The van der Waals surface area contributed by atoms with Gasteiger partial charge < -0.3 is 20.7 Å². The summed E-state index contributed by atoms with van der Waals surface area (Å²) < 4.78 is 5.52. The summed E-state index contributed by atoms with van der Waals surface area (Å²) in [6, 6.07) is 0. The Kier molecular flexibility index (Phi) is 10.4. The lowest BCUT2D eigenvalue weighted by atomic mass is 10.2. The minimum atomic E-state index is 0. The highest BCUT2D eigenvalue weighted by Crippen LogP contribution is 2.11. The molecule has 1 unspecified atom stereocenters. The summed E-state index contributed by atoms with van der Waals surface area (Å²) in [6.45, 7) is 6.20. The molecular formula is C15H31IN4O. The molecule has 2 saturated heterocycles. The van der Waals surface area contributed by atoms with Crippen LogP contribution in [0.15, 0.2) is 4.99 Å². The predicted octanol–water partition coefficient (Wildman–Crippen LogP) is 1.95. The molecule has 21 heavy (non-hydrogen) atoms. The molecule has 124 valence electrons. The monoisotopic (exact) mass is 410 g/mol. The Morgan fingerprint density at radius 1 is 1.19 bits per heavy atom. The van der Waals surface area contributed by atoms with Gasteiger partial charge in [-0.1, -0.05) is 12.8 Å². The SMILES string of the molecule is I.NC(=NCC1CCCO1)NCCCN1CCCCCC1. The van der Waals surface area contributed by atoms with E-state index >= 15 is 0 Å². The second-order valence-electron chi connectivity index (χ2n) is 5.90. The summed E-state index contributed by atoms with van der Waals surface area (Å²) in [5.41, 5.74) is 5.87. The fraction of sp³-hybridized carbons (Fsp3) is 0.933. The average Bonchev–Trinajstić information content (AvgIpc) is 2.84. The van der Waals surface area contributed by atoms with Crippen molar-refractivity contribution in [2.24, 2.45) is 10.7 Å². The molecule has 0 radical (unpaired) electrons. The van der Waals surface area contributed by atoms with Gasteiger partial charge in [0.15, 0.2) is 5.96 Å². The van der Waals surface area contributed by atoms with Crippen LogP contribution in [0, 0.1) is 0 Å². The van der Waals surface area contributed by atoms with Crippen LogP contribution < -0.4 is 11.1 Å². The first-order valence-corrected chi connectivity index (χ1v) is 8.22. The van der Waals surface area contributed by atoms with Gasteiger partial charge in [-0.15, -0.1) is 24.0 Å². The number of hydrogen-bond acceptors (Lipinski definition) is 3. The molecule has 0 amide bonds. The van der Waals surface area contributed by atoms with Gasteiger partial charge in [-0.25, -0.2) is 0 Å². The van der Waals surface area contributed by atoms with Gasteiger partial charge in [0, 0.05) is 13.2 Å². The van der Waals surface area contributed by atoms with Crippen molar-refractivity contribution in [3.05, 3.63) is 0 Å². The van der Waals surface area contributed by atoms with E-state index in [9.17, 15) is 0 Å². The highest BCUT2D eigenvalue weighted by molar-refractivity contribution is 14.0. The summed E-state index contributed by atoms with van der Waals surface area (Å²) in [6.07, 6.45) is 9.21. The van der Waals surface area contributed by atoms with Gasteiger partial charge in [-0.05, 0) is 51.7 Å². The van der Waals surface area contributed by atoms with Gasteiger partial charge in [-0.3, -0.25) is 4.99 Å². The van der Waals surface area contributed by atoms with Crippen LogP contribution >= 0.6 is 24.0 Å². The average molecular weight is 410 g/mol. The second kappa shape index (κ2) is 11.5. The zero-order valence-corrected chi connectivity index (χ0v) is 15.4. The van der Waals surface area contributed by atoms with E-state index in [0.717, 1.165) is 32.4 Å². The third-order valence-corrected chi connectivity index (χ3v) is 4.15. The van der Waals surface area contributed by atoms with Crippen LogP contribution in [0.3, 0.4) is 0 Å². The molecule has 0 aromatic heterocycles. The molecule has 0 aliphatic carbocycles. The number of likely N-dealkylation sites (tertiary alicyclic amines) is 1. The number of ether oxygens (including phenoxy) is 1. The van der Waals surface area contributed by atoms with Crippen molar-refractivity contribution in [2.75, 3.05) is 39.3 Å². The first-order chi connectivity index (χ1) is 9.84. The fourth-order valence-electron chi connectivity index (χ4n) is 2.92. The predicted molar refractivity (Wildman–Crippen MR) is 98.4 cm³/mol. The maximum absolute atomic E-state index is 5.87. The van der Waals surface area contributed by atoms with E-state index in [1.807, 2.05) is 0 Å². The van der Waals surface area contributed by atoms with Crippen molar-refractivity contribution >= 4 is 29.9 Å². The van der Waals surface area contributed by atoms with E-state index < -0.39 is 0 Å². The van der Waals surface area contributed by atoms with E-state index in [4.69, 9.17) is 10.5 Å². The number of hydrogen-bond donors (Lipinski definition) is 2. The van der Waals surface area contributed by atoms with Crippen molar-refractivity contribution in [3.63, 3.8) is 0 Å². The number of halogens is 1. The molecule has 2 aliphatic heterocycles. The lowest BCUT2D eigenvalue weighted by Gasteiger charge is -2.19. The topological polar surface area (TPSA) is 62.9 Å². The molecule has 2 aliphatic rings. The third kappa shape index (κ3) is 8.21. The van der Waals surface area contributed by atoms with Crippen molar-refractivity contribution in [2.45, 2.75) is 51.0 Å². The summed E-state index contributed by atoms with van der Waals surface area (Å²) in [4.78, 5) is 6.93. The van der Waals surface area contributed by atoms with E-state index in [1.54, 1.807) is 0 Å². The Morgan fingerprint density at radius 3 is 2.62 bits per heavy atom. The van der Waals surface area contributed by atoms with Gasteiger partial charge >= 0.3 is 0 Å². The minimum Gasteiger partial charge on any atom is -0.376 e. The van der Waals surface area contributed by atoms with Crippen molar-refractivity contribution in [1.82, 2.24) is 10.2 Å². The van der Waals surface area contributed by atoms with Crippen LogP contribution in [-0.2, 0) is 4.74 Å². The van der Waals surface area contributed by atoms with Gasteiger partial charge in [-0.2, -0.15) is 0 Å². The lowest BCUT2D eigenvalue weighted by molar-refractivity contribution is 0.118. The maximum atomic E-state index is 5.87. The van der Waals surface area contributed by atoms with Crippen LogP contribution in [-0.4, -0.2) is 56.3 Å². The van der Waals surface area contributed by atoms with Crippen LogP contribution in [0.25, 0.3) is 0 Å². The Balaban J connectivity index is 0.00000220. The van der Waals surface area contributed by atoms with Crippen molar-refractivity contribution in [1.29, 1.82) is 0 Å². The van der Waals surface area contributed by atoms with Gasteiger partial charge in [0.05, 0.1) is 12.6 Å². The quantitative estimate of drug-likeness (QED) is 0.304. The molecule has 2 fully saturated rings. The Bertz CT molecular complexity index is 287. The maximum Gasteiger partial charge on any atom is 0.188 e. The zero-order chi connectivity index (χ0) is 14.0. The minimum absolute atomic E-state index is 0. The van der Waals surface area contributed by atoms with Gasteiger partial charge in [0.25, 0.3) is 0 Å². The standard InChI is InChI=1S/C15H30N4O.HI/c16-15(18-13-14-7-5-12-20-14)17-8-6-11-19-9-3-1-2-4-10-19;/h14H,1-13H2,(H3,16,17,18);1H. The van der Waals surface area contributed by atoms with E-state index in [1.165, 1.54) is 45.3 Å². The molecule has 1 atom stereocenters. The van der Waals surface area contributed by atoms with Crippen LogP contribution in [0.5, 0.6) is 0 Å². The smallest absolute Gasteiger partial charge is 0.188 e. The number of guanidine groups is 1. The molecule has 0 bridgehead atoms. The largest absolute Gasteiger partial charge is 0.376 e. The van der Waals surface area contributed by atoms with Crippen molar-refractivity contribution < 1.29 is 4.74 Å². The second-order valence-corrected chi connectivity index (χ2v) is 5.90.